The van der Waals surface area contributed by atoms with Crippen LogP contribution in [0.4, 0.5) is 11.4 Å². The van der Waals surface area contributed by atoms with Crippen molar-refractivity contribution < 1.29 is 28.6 Å². The number of hydrogen-bond donors (Lipinski definition) is 2. The monoisotopic (exact) mass is 595 g/mol. The molecule has 3 N–H and O–H groups in total. The Hall–Kier alpha value is -5.62. The second-order valence-electron chi connectivity index (χ2n) is 9.52. The molecule has 0 unspecified atom stereocenters. The Kier molecular flexibility index (Phi) is 14.7. The van der Waals surface area contributed by atoms with Crippen molar-refractivity contribution in [3.8, 4) is 6.26 Å². The SMILES string of the molecule is C=C(C)C(=O)OCCCC(=O)Nc1cccc2ccccc12.C=C(C)C(=O)OCCOC#N.Nc1cccc2ccccc12. The lowest BCUT2D eigenvalue weighted by molar-refractivity contribution is -0.140. The number of ether oxygens (including phenoxy) is 3. The third-order valence-corrected chi connectivity index (χ3v) is 5.85. The molecule has 0 bridgehead atoms. The summed E-state index contributed by atoms with van der Waals surface area (Å²) in [6.45, 7) is 10.4. The first kappa shape index (κ1) is 34.6. The summed E-state index contributed by atoms with van der Waals surface area (Å²) in [6.07, 6.45) is 2.24. The van der Waals surface area contributed by atoms with Gasteiger partial charge in [-0.15, -0.1) is 0 Å². The Morgan fingerprint density at radius 1 is 0.750 bits per heavy atom. The van der Waals surface area contributed by atoms with E-state index in [2.05, 4.69) is 40.1 Å². The summed E-state index contributed by atoms with van der Waals surface area (Å²) in [5.41, 5.74) is 8.10. The second-order valence-corrected chi connectivity index (χ2v) is 9.52. The smallest absolute Gasteiger partial charge is 0.333 e. The number of esters is 2. The second kappa shape index (κ2) is 18.7. The highest BCUT2D eigenvalue weighted by atomic mass is 16.6. The highest BCUT2D eigenvalue weighted by molar-refractivity contribution is 6.02. The van der Waals surface area contributed by atoms with Crippen LogP contribution >= 0.6 is 0 Å². The minimum atomic E-state index is -0.466. The van der Waals surface area contributed by atoms with E-state index in [-0.39, 0.29) is 25.7 Å². The summed E-state index contributed by atoms with van der Waals surface area (Å²) >= 11 is 0. The third-order valence-electron chi connectivity index (χ3n) is 5.85. The summed E-state index contributed by atoms with van der Waals surface area (Å²) < 4.78 is 13.8. The standard InChI is InChI=1S/C18H19NO3.C10H9N.C7H9NO3/c1-13(2)18(21)22-12-6-11-17(20)19-16-10-5-8-14-7-3-4-9-15(14)16;11-10-7-3-5-8-4-1-2-6-9(8)10;1-6(2)7(9)11-4-3-10-5-8/h3-5,7-10H,1,6,11-12H2,2H3,(H,19,20);1-7H,11H2;1,3-4H2,2H3. The zero-order valence-electron chi connectivity index (χ0n) is 25.0. The van der Waals surface area contributed by atoms with Crippen LogP contribution in [0.5, 0.6) is 0 Å². The fraction of sp³-hybridized carbons (Fsp3) is 0.200. The predicted octanol–water partition coefficient (Wildman–Crippen LogP) is 6.70. The fourth-order valence-corrected chi connectivity index (χ4v) is 3.66. The summed E-state index contributed by atoms with van der Waals surface area (Å²) in [7, 11) is 0. The van der Waals surface area contributed by atoms with Crippen molar-refractivity contribution in [1.29, 1.82) is 5.26 Å². The molecule has 9 nitrogen and oxygen atoms in total. The van der Waals surface area contributed by atoms with Gasteiger partial charge in [0.15, 0.2) is 0 Å². The molecule has 0 atom stereocenters. The number of nitrogen functional groups attached to an aromatic ring is 1. The van der Waals surface area contributed by atoms with Crippen molar-refractivity contribution >= 4 is 50.8 Å². The highest BCUT2D eigenvalue weighted by Crippen LogP contribution is 2.23. The molecule has 228 valence electrons. The van der Waals surface area contributed by atoms with Crippen molar-refractivity contribution in [3.63, 3.8) is 0 Å². The van der Waals surface area contributed by atoms with Crippen LogP contribution in [0.15, 0.2) is 109 Å². The Balaban J connectivity index is 0.000000257. The van der Waals surface area contributed by atoms with Gasteiger partial charge in [-0.05, 0) is 43.2 Å². The van der Waals surface area contributed by atoms with Crippen LogP contribution in [0.3, 0.4) is 0 Å². The van der Waals surface area contributed by atoms with Gasteiger partial charge in [-0.3, -0.25) is 4.79 Å². The normalized spacial score (nSPS) is 9.66. The van der Waals surface area contributed by atoms with Crippen LogP contribution in [-0.4, -0.2) is 37.7 Å². The molecule has 4 aromatic carbocycles. The number of benzene rings is 4. The lowest BCUT2D eigenvalue weighted by atomic mass is 10.1. The molecule has 44 heavy (non-hydrogen) atoms. The number of rotatable bonds is 10. The van der Waals surface area contributed by atoms with E-state index in [0.29, 0.717) is 24.0 Å². The van der Waals surface area contributed by atoms with Crippen molar-refractivity contribution in [2.75, 3.05) is 30.9 Å². The van der Waals surface area contributed by atoms with Gasteiger partial charge in [-0.2, -0.15) is 5.26 Å². The fourth-order valence-electron chi connectivity index (χ4n) is 3.66. The van der Waals surface area contributed by atoms with Gasteiger partial charge >= 0.3 is 11.9 Å². The minimum Gasteiger partial charge on any atom is -0.462 e. The van der Waals surface area contributed by atoms with E-state index in [1.807, 2.05) is 72.8 Å². The van der Waals surface area contributed by atoms with Gasteiger partial charge in [0.25, 0.3) is 6.26 Å². The lowest BCUT2D eigenvalue weighted by Crippen LogP contribution is -2.13. The van der Waals surface area contributed by atoms with Gasteiger partial charge in [0.2, 0.25) is 5.91 Å². The molecule has 0 saturated carbocycles. The van der Waals surface area contributed by atoms with Crippen molar-refractivity contribution in [2.24, 2.45) is 0 Å². The van der Waals surface area contributed by atoms with Crippen molar-refractivity contribution in [3.05, 3.63) is 109 Å². The number of anilines is 2. The summed E-state index contributed by atoms with van der Waals surface area (Å²) in [6, 6.07) is 27.7. The zero-order chi connectivity index (χ0) is 32.3. The molecule has 0 aliphatic rings. The Bertz CT molecular complexity index is 1630. The molecule has 0 fully saturated rings. The summed E-state index contributed by atoms with van der Waals surface area (Å²) in [4.78, 5) is 33.8. The van der Waals surface area contributed by atoms with Crippen molar-refractivity contribution in [1.82, 2.24) is 0 Å². The molecule has 1 amide bonds. The van der Waals surface area contributed by atoms with Crippen LogP contribution in [-0.2, 0) is 28.6 Å². The van der Waals surface area contributed by atoms with Crippen LogP contribution in [0, 0.1) is 11.5 Å². The number of nitrogens with two attached hydrogens (primary N) is 1. The molecular formula is C35H37N3O6. The number of nitriles is 1. The van der Waals surface area contributed by atoms with Gasteiger partial charge in [-0.1, -0.05) is 86.0 Å². The molecule has 4 aromatic rings. The van der Waals surface area contributed by atoms with E-state index in [9.17, 15) is 14.4 Å². The Morgan fingerprint density at radius 3 is 1.86 bits per heavy atom. The molecule has 0 aromatic heterocycles. The molecule has 0 aliphatic heterocycles. The van der Waals surface area contributed by atoms with E-state index in [4.69, 9.17) is 15.7 Å². The van der Waals surface area contributed by atoms with E-state index in [1.165, 1.54) is 11.6 Å². The molecule has 4 rings (SSSR count). The average Bonchev–Trinajstić information content (AvgIpc) is 3.02. The van der Waals surface area contributed by atoms with E-state index >= 15 is 0 Å². The number of hydrogen-bond acceptors (Lipinski definition) is 8. The molecule has 0 radical (unpaired) electrons. The van der Waals surface area contributed by atoms with Crippen LogP contribution < -0.4 is 11.1 Å². The Morgan fingerprint density at radius 2 is 1.27 bits per heavy atom. The first-order valence-corrected chi connectivity index (χ1v) is 13.8. The van der Waals surface area contributed by atoms with Crippen LogP contribution in [0.1, 0.15) is 26.7 Å². The van der Waals surface area contributed by atoms with Gasteiger partial charge < -0.3 is 25.3 Å². The number of nitrogens with zero attached hydrogens (tertiary/aromatic N) is 1. The van der Waals surface area contributed by atoms with E-state index < -0.39 is 11.9 Å². The lowest BCUT2D eigenvalue weighted by Gasteiger charge is -2.09. The zero-order valence-corrected chi connectivity index (χ0v) is 25.0. The van der Waals surface area contributed by atoms with Gasteiger partial charge in [0.1, 0.15) is 13.2 Å². The van der Waals surface area contributed by atoms with Crippen LogP contribution in [0.25, 0.3) is 21.5 Å². The van der Waals surface area contributed by atoms with Crippen LogP contribution in [0.2, 0.25) is 0 Å². The largest absolute Gasteiger partial charge is 0.462 e. The molecular weight excluding hydrogens is 558 g/mol. The quantitative estimate of drug-likeness (QED) is 0.0678. The molecule has 0 spiro atoms. The number of carbonyl (C=O) groups is 3. The number of carbonyl (C=O) groups excluding carboxylic acids is 3. The maximum absolute atomic E-state index is 12.0. The third kappa shape index (κ3) is 12.1. The number of amides is 1. The van der Waals surface area contributed by atoms with Crippen molar-refractivity contribution in [2.45, 2.75) is 26.7 Å². The summed E-state index contributed by atoms with van der Waals surface area (Å²) in [5, 5.41) is 15.2. The summed E-state index contributed by atoms with van der Waals surface area (Å²) in [5.74, 6) is -0.983. The average molecular weight is 596 g/mol. The van der Waals surface area contributed by atoms with E-state index in [0.717, 1.165) is 27.5 Å². The van der Waals surface area contributed by atoms with Gasteiger partial charge in [-0.25, -0.2) is 9.59 Å². The first-order chi connectivity index (χ1) is 21.1. The van der Waals surface area contributed by atoms with Gasteiger partial charge in [0, 0.05) is 39.7 Å². The van der Waals surface area contributed by atoms with E-state index in [1.54, 1.807) is 13.8 Å². The number of nitrogens with one attached hydrogen (secondary N) is 1. The maximum Gasteiger partial charge on any atom is 0.333 e. The highest BCUT2D eigenvalue weighted by Gasteiger charge is 2.07. The molecule has 0 saturated heterocycles. The van der Waals surface area contributed by atoms with Gasteiger partial charge in [0.05, 0.1) is 6.61 Å². The molecule has 0 heterocycles. The Labute approximate surface area is 257 Å². The predicted molar refractivity (Wildman–Crippen MR) is 173 cm³/mol. The topological polar surface area (TPSA) is 141 Å². The number of fused-ring (bicyclic) bond motifs is 2. The molecule has 0 aliphatic carbocycles. The molecule has 9 heteroatoms. The minimum absolute atomic E-state index is 0.0826. The first-order valence-electron chi connectivity index (χ1n) is 13.8. The maximum atomic E-state index is 12.0.